The summed E-state index contributed by atoms with van der Waals surface area (Å²) in [4.78, 5) is 42.8. The first-order chi connectivity index (χ1) is 15.9. The Morgan fingerprint density at radius 2 is 1.94 bits per heavy atom. The zero-order chi connectivity index (χ0) is 23.4. The molecule has 0 aliphatic carbocycles. The number of anilines is 1. The number of hydrogen-bond donors (Lipinski definition) is 1. The smallest absolute Gasteiger partial charge is 0.387 e. The summed E-state index contributed by atoms with van der Waals surface area (Å²) in [7, 11) is 0. The minimum atomic E-state index is -2.95. The molecule has 0 saturated heterocycles. The normalized spacial score (nSPS) is 11.0. The number of thiophene rings is 2. The van der Waals surface area contributed by atoms with Crippen LogP contribution in [0.25, 0.3) is 20.7 Å². The zero-order valence-electron chi connectivity index (χ0n) is 16.7. The first-order valence-electron chi connectivity index (χ1n) is 9.41. The Labute approximate surface area is 193 Å². The van der Waals surface area contributed by atoms with E-state index < -0.39 is 31.6 Å². The van der Waals surface area contributed by atoms with Crippen LogP contribution in [0.15, 0.2) is 58.3 Å². The molecule has 3 aromatic heterocycles. The Hall–Kier alpha value is -3.64. The van der Waals surface area contributed by atoms with Crippen molar-refractivity contribution in [2.45, 2.75) is 13.2 Å². The lowest BCUT2D eigenvalue weighted by molar-refractivity contribution is -0.147. The van der Waals surface area contributed by atoms with Gasteiger partial charge in [0.1, 0.15) is 17.1 Å². The topological polar surface area (TPSA) is 99.5 Å². The average molecular weight is 491 g/mol. The Morgan fingerprint density at radius 1 is 1.15 bits per heavy atom. The van der Waals surface area contributed by atoms with E-state index in [9.17, 15) is 23.2 Å². The largest absolute Gasteiger partial charge is 0.454 e. The molecule has 4 aromatic rings. The van der Waals surface area contributed by atoms with E-state index in [1.54, 1.807) is 0 Å². The highest BCUT2D eigenvalue weighted by atomic mass is 32.1. The molecule has 8 nitrogen and oxygen atoms in total. The SMILES string of the molecule is O=C(COC(=O)Cn1cnc2scc(-c3cccs3)c2c1=O)Nc1ccc(OC(F)F)cc1. The molecule has 170 valence electrons. The third kappa shape index (κ3) is 5.41. The molecule has 0 aliphatic rings. The summed E-state index contributed by atoms with van der Waals surface area (Å²) >= 11 is 2.83. The number of hydrogen-bond acceptors (Lipinski definition) is 8. The van der Waals surface area contributed by atoms with Crippen LogP contribution in [0.1, 0.15) is 0 Å². The number of carbonyl (C=O) groups excluding carboxylic acids is 2. The van der Waals surface area contributed by atoms with E-state index in [4.69, 9.17) is 4.74 Å². The molecule has 0 unspecified atom stereocenters. The van der Waals surface area contributed by atoms with Crippen LogP contribution >= 0.6 is 22.7 Å². The monoisotopic (exact) mass is 491 g/mol. The quantitative estimate of drug-likeness (QED) is 0.375. The highest BCUT2D eigenvalue weighted by molar-refractivity contribution is 7.18. The summed E-state index contributed by atoms with van der Waals surface area (Å²) in [6, 6.07) is 9.03. The van der Waals surface area contributed by atoms with Gasteiger partial charge < -0.3 is 14.8 Å². The predicted octanol–water partition coefficient (Wildman–Crippen LogP) is 3.97. The van der Waals surface area contributed by atoms with E-state index >= 15 is 0 Å². The van der Waals surface area contributed by atoms with Crippen LogP contribution in [0.3, 0.4) is 0 Å². The second kappa shape index (κ2) is 9.88. The van der Waals surface area contributed by atoms with Crippen LogP contribution in [0.4, 0.5) is 14.5 Å². The Balaban J connectivity index is 1.36. The molecular formula is C21H15F2N3O5S2. The molecule has 0 aliphatic heterocycles. The van der Waals surface area contributed by atoms with Crippen molar-refractivity contribution in [2.75, 3.05) is 11.9 Å². The van der Waals surface area contributed by atoms with Crippen LogP contribution in [0.2, 0.25) is 0 Å². The van der Waals surface area contributed by atoms with Gasteiger partial charge in [-0.3, -0.25) is 19.0 Å². The summed E-state index contributed by atoms with van der Waals surface area (Å²) in [6.45, 7) is -3.94. The molecule has 0 atom stereocenters. The summed E-state index contributed by atoms with van der Waals surface area (Å²) in [5.41, 5.74) is 0.689. The molecule has 3 heterocycles. The van der Waals surface area contributed by atoms with Gasteiger partial charge >= 0.3 is 12.6 Å². The maximum atomic E-state index is 12.9. The lowest BCUT2D eigenvalue weighted by Crippen LogP contribution is -2.28. The number of esters is 1. The van der Waals surface area contributed by atoms with Crippen LogP contribution in [-0.4, -0.2) is 34.6 Å². The van der Waals surface area contributed by atoms with Gasteiger partial charge in [-0.15, -0.1) is 22.7 Å². The molecule has 0 radical (unpaired) electrons. The van der Waals surface area contributed by atoms with Gasteiger partial charge in [0.15, 0.2) is 6.61 Å². The number of fused-ring (bicyclic) bond motifs is 1. The number of alkyl halides is 2. The van der Waals surface area contributed by atoms with E-state index in [0.29, 0.717) is 15.9 Å². The summed E-state index contributed by atoms with van der Waals surface area (Å²) < 4.78 is 34.6. The minimum Gasteiger partial charge on any atom is -0.454 e. The fourth-order valence-electron chi connectivity index (χ4n) is 2.94. The molecular weight excluding hydrogens is 476 g/mol. The van der Waals surface area contributed by atoms with E-state index in [1.165, 1.54) is 53.3 Å². The number of carbonyl (C=O) groups is 2. The van der Waals surface area contributed by atoms with Gasteiger partial charge in [-0.25, -0.2) is 4.98 Å². The fraction of sp³-hybridized carbons (Fsp3) is 0.143. The lowest BCUT2D eigenvalue weighted by Gasteiger charge is -2.09. The van der Waals surface area contributed by atoms with Crippen LogP contribution in [0, 0.1) is 0 Å². The molecule has 0 fully saturated rings. The van der Waals surface area contributed by atoms with Crippen LogP contribution in [0.5, 0.6) is 5.75 Å². The number of benzene rings is 1. The molecule has 1 amide bonds. The number of nitrogens with one attached hydrogen (secondary N) is 1. The summed E-state index contributed by atoms with van der Waals surface area (Å²) in [6.07, 6.45) is 1.27. The number of ether oxygens (including phenoxy) is 2. The summed E-state index contributed by atoms with van der Waals surface area (Å²) in [5, 5.41) is 6.64. The van der Waals surface area contributed by atoms with E-state index in [-0.39, 0.29) is 11.3 Å². The highest BCUT2D eigenvalue weighted by Gasteiger charge is 2.16. The summed E-state index contributed by atoms with van der Waals surface area (Å²) in [5.74, 6) is -1.48. The molecule has 1 N–H and O–H groups in total. The number of halogens is 2. The van der Waals surface area contributed by atoms with Crippen LogP contribution in [-0.2, 0) is 20.9 Å². The second-order valence-corrected chi connectivity index (χ2v) is 8.40. The van der Waals surface area contributed by atoms with E-state index in [1.807, 2.05) is 22.9 Å². The van der Waals surface area contributed by atoms with Crippen molar-refractivity contribution in [3.05, 3.63) is 63.8 Å². The molecule has 0 saturated carbocycles. The number of amides is 1. The maximum absolute atomic E-state index is 12.9. The third-order valence-electron chi connectivity index (χ3n) is 4.37. The van der Waals surface area contributed by atoms with Gasteiger partial charge in [0.05, 0.1) is 11.7 Å². The van der Waals surface area contributed by atoms with Crippen molar-refractivity contribution in [2.24, 2.45) is 0 Å². The Bertz CT molecular complexity index is 1330. The van der Waals surface area contributed by atoms with E-state index in [2.05, 4.69) is 15.0 Å². The van der Waals surface area contributed by atoms with Gasteiger partial charge in [-0.05, 0) is 35.7 Å². The highest BCUT2D eigenvalue weighted by Crippen LogP contribution is 2.33. The number of aromatic nitrogens is 2. The van der Waals surface area contributed by atoms with Crippen molar-refractivity contribution in [1.29, 1.82) is 0 Å². The third-order valence-corrected chi connectivity index (χ3v) is 6.16. The van der Waals surface area contributed by atoms with Crippen molar-refractivity contribution in [3.8, 4) is 16.2 Å². The fourth-order valence-corrected chi connectivity index (χ4v) is 4.66. The molecule has 0 bridgehead atoms. The van der Waals surface area contributed by atoms with Gasteiger partial charge in [0.25, 0.3) is 11.5 Å². The van der Waals surface area contributed by atoms with Crippen molar-refractivity contribution >= 4 is 50.5 Å². The first kappa shape index (κ1) is 22.6. The maximum Gasteiger partial charge on any atom is 0.387 e. The zero-order valence-corrected chi connectivity index (χ0v) is 18.3. The molecule has 33 heavy (non-hydrogen) atoms. The lowest BCUT2D eigenvalue weighted by atomic mass is 10.2. The van der Waals surface area contributed by atoms with Crippen molar-refractivity contribution < 1.29 is 27.8 Å². The Kier molecular flexibility index (Phi) is 6.75. The van der Waals surface area contributed by atoms with Gasteiger partial charge in [0, 0.05) is 21.5 Å². The van der Waals surface area contributed by atoms with Gasteiger partial charge in [-0.2, -0.15) is 8.78 Å². The number of rotatable bonds is 8. The minimum absolute atomic E-state index is 0.0571. The molecule has 1 aromatic carbocycles. The Morgan fingerprint density at radius 3 is 2.64 bits per heavy atom. The standard InChI is InChI=1S/C21H15F2N3O5S2/c22-21(23)31-13-5-3-12(4-6-13)25-16(27)9-30-17(28)8-26-11-24-19-18(20(26)29)14(10-33-19)15-2-1-7-32-15/h1-7,10-11,21H,8-9H2,(H,25,27). The second-order valence-electron chi connectivity index (χ2n) is 6.60. The van der Waals surface area contributed by atoms with Crippen molar-refractivity contribution in [3.63, 3.8) is 0 Å². The molecule has 0 spiro atoms. The predicted molar refractivity (Wildman–Crippen MR) is 120 cm³/mol. The molecule has 4 rings (SSSR count). The first-order valence-corrected chi connectivity index (χ1v) is 11.2. The average Bonchev–Trinajstić information content (AvgIpc) is 3.45. The molecule has 12 heteroatoms. The van der Waals surface area contributed by atoms with Gasteiger partial charge in [-0.1, -0.05) is 6.07 Å². The van der Waals surface area contributed by atoms with Crippen LogP contribution < -0.4 is 15.6 Å². The van der Waals surface area contributed by atoms with E-state index in [0.717, 1.165) is 15.0 Å². The van der Waals surface area contributed by atoms with Crippen molar-refractivity contribution in [1.82, 2.24) is 9.55 Å². The van der Waals surface area contributed by atoms with Gasteiger partial charge in [0.2, 0.25) is 0 Å². The number of nitrogens with zero attached hydrogens (tertiary/aromatic N) is 2.